The number of para-hydroxylation sites is 1. The Hall–Kier alpha value is -1.80. The molecule has 0 fully saturated rings. The van der Waals surface area contributed by atoms with Crippen LogP contribution >= 0.6 is 11.8 Å². The number of nitriles is 1. The van der Waals surface area contributed by atoms with Gasteiger partial charge in [0.2, 0.25) is 0 Å². The van der Waals surface area contributed by atoms with E-state index in [1.165, 1.54) is 11.8 Å². The second-order valence-corrected chi connectivity index (χ2v) is 5.11. The van der Waals surface area contributed by atoms with Crippen molar-refractivity contribution in [2.75, 3.05) is 5.75 Å². The zero-order valence-electron chi connectivity index (χ0n) is 10.8. The van der Waals surface area contributed by atoms with E-state index in [9.17, 15) is 4.79 Å². The summed E-state index contributed by atoms with van der Waals surface area (Å²) in [5.74, 6) is 0.302. The third kappa shape index (κ3) is 2.96. The van der Waals surface area contributed by atoms with E-state index >= 15 is 0 Å². The monoisotopic (exact) mass is 273 g/mol. The third-order valence-corrected chi connectivity index (χ3v) is 3.67. The summed E-state index contributed by atoms with van der Waals surface area (Å²) < 4.78 is 1.69. The van der Waals surface area contributed by atoms with E-state index in [0.717, 1.165) is 12.8 Å². The molecule has 2 aromatic rings. The lowest BCUT2D eigenvalue weighted by molar-refractivity contribution is 0.558. The molecule has 5 heteroatoms. The van der Waals surface area contributed by atoms with Crippen LogP contribution in [0.4, 0.5) is 0 Å². The molecule has 0 spiro atoms. The summed E-state index contributed by atoms with van der Waals surface area (Å²) in [6.07, 6.45) is 1.95. The maximum absolute atomic E-state index is 12.4. The fourth-order valence-corrected chi connectivity index (χ4v) is 2.55. The van der Waals surface area contributed by atoms with Crippen LogP contribution < -0.4 is 5.56 Å². The summed E-state index contributed by atoms with van der Waals surface area (Å²) in [7, 11) is 0. The number of thioether (sulfide) groups is 1. The molecule has 0 amide bonds. The summed E-state index contributed by atoms with van der Waals surface area (Å²) in [4.78, 5) is 16.9. The number of hydrogen-bond acceptors (Lipinski definition) is 4. The van der Waals surface area contributed by atoms with Crippen LogP contribution in [0.1, 0.15) is 19.8 Å². The van der Waals surface area contributed by atoms with Crippen molar-refractivity contribution in [3.05, 3.63) is 34.6 Å². The highest BCUT2D eigenvalue weighted by atomic mass is 32.2. The van der Waals surface area contributed by atoms with Gasteiger partial charge in [0, 0.05) is 6.54 Å². The van der Waals surface area contributed by atoms with Gasteiger partial charge >= 0.3 is 0 Å². The standard InChI is InChI=1S/C14H15N3OS/c1-2-3-9-17-13(18)11-6-4-5-7-12(11)16-14(17)19-10-8-15/h4-7H,2-3,9-10H2,1H3. The normalized spacial score (nSPS) is 10.5. The van der Waals surface area contributed by atoms with Crippen molar-refractivity contribution in [3.63, 3.8) is 0 Å². The van der Waals surface area contributed by atoms with Gasteiger partial charge < -0.3 is 0 Å². The minimum Gasteiger partial charge on any atom is -0.287 e. The fraction of sp³-hybridized carbons (Fsp3) is 0.357. The van der Waals surface area contributed by atoms with Crippen molar-refractivity contribution >= 4 is 22.7 Å². The second-order valence-electron chi connectivity index (χ2n) is 4.17. The topological polar surface area (TPSA) is 58.7 Å². The predicted octanol–water partition coefficient (Wildman–Crippen LogP) is 2.81. The smallest absolute Gasteiger partial charge is 0.262 e. The summed E-state index contributed by atoms with van der Waals surface area (Å²) in [5.41, 5.74) is 0.681. The van der Waals surface area contributed by atoms with Crippen molar-refractivity contribution in [2.24, 2.45) is 0 Å². The first-order valence-corrected chi connectivity index (χ1v) is 7.25. The molecule has 0 aliphatic rings. The average Bonchev–Trinajstić information content (AvgIpc) is 2.44. The number of benzene rings is 1. The van der Waals surface area contributed by atoms with Gasteiger partial charge in [0.15, 0.2) is 5.16 Å². The molecule has 0 radical (unpaired) electrons. The third-order valence-electron chi connectivity index (χ3n) is 2.83. The molecule has 1 aromatic heterocycles. The molecule has 0 aliphatic heterocycles. The zero-order chi connectivity index (χ0) is 13.7. The van der Waals surface area contributed by atoms with Gasteiger partial charge in [-0.3, -0.25) is 9.36 Å². The van der Waals surface area contributed by atoms with Gasteiger partial charge in [-0.1, -0.05) is 37.2 Å². The Bertz CT molecular complexity index is 672. The number of aromatic nitrogens is 2. The Kier molecular flexibility index (Phi) is 4.58. The molecule has 0 N–H and O–H groups in total. The highest BCUT2D eigenvalue weighted by molar-refractivity contribution is 7.99. The van der Waals surface area contributed by atoms with Crippen molar-refractivity contribution in [1.29, 1.82) is 5.26 Å². The van der Waals surface area contributed by atoms with E-state index in [-0.39, 0.29) is 5.56 Å². The van der Waals surface area contributed by atoms with Gasteiger partial charge in [-0.25, -0.2) is 4.98 Å². The molecule has 19 heavy (non-hydrogen) atoms. The minimum absolute atomic E-state index is 0.0144. The summed E-state index contributed by atoms with van der Waals surface area (Å²) in [6, 6.07) is 9.41. The van der Waals surface area contributed by atoms with Crippen molar-refractivity contribution in [2.45, 2.75) is 31.5 Å². The number of nitrogens with zero attached hydrogens (tertiary/aromatic N) is 3. The van der Waals surface area contributed by atoms with Gasteiger partial charge in [0.1, 0.15) is 0 Å². The maximum Gasteiger partial charge on any atom is 0.262 e. The van der Waals surface area contributed by atoms with Crippen molar-refractivity contribution in [3.8, 4) is 6.07 Å². The molecule has 98 valence electrons. The molecule has 0 atom stereocenters. The van der Waals surface area contributed by atoms with E-state index in [0.29, 0.717) is 28.4 Å². The molecule has 1 heterocycles. The Morgan fingerprint density at radius 3 is 2.95 bits per heavy atom. The molecule has 2 rings (SSSR count). The molecule has 0 unspecified atom stereocenters. The molecule has 1 aromatic carbocycles. The fourth-order valence-electron chi connectivity index (χ4n) is 1.87. The van der Waals surface area contributed by atoms with E-state index in [4.69, 9.17) is 5.26 Å². The van der Waals surface area contributed by atoms with Gasteiger partial charge in [0.05, 0.1) is 22.7 Å². The van der Waals surface area contributed by atoms with Crippen molar-refractivity contribution in [1.82, 2.24) is 9.55 Å². The van der Waals surface area contributed by atoms with E-state index in [1.807, 2.05) is 18.2 Å². The first kappa shape index (κ1) is 13.6. The highest BCUT2D eigenvalue weighted by Crippen LogP contribution is 2.17. The lowest BCUT2D eigenvalue weighted by Gasteiger charge is -2.11. The van der Waals surface area contributed by atoms with Crippen LogP contribution in [0.2, 0.25) is 0 Å². The maximum atomic E-state index is 12.4. The molecular weight excluding hydrogens is 258 g/mol. The largest absolute Gasteiger partial charge is 0.287 e. The van der Waals surface area contributed by atoms with Crippen LogP contribution in [0.3, 0.4) is 0 Å². The molecular formula is C14H15N3OS. The van der Waals surface area contributed by atoms with Crippen molar-refractivity contribution < 1.29 is 0 Å². The number of fused-ring (bicyclic) bond motifs is 1. The van der Waals surface area contributed by atoms with Crippen LogP contribution in [-0.2, 0) is 6.54 Å². The lowest BCUT2D eigenvalue weighted by Crippen LogP contribution is -2.23. The molecule has 0 saturated carbocycles. The minimum atomic E-state index is -0.0144. The summed E-state index contributed by atoms with van der Waals surface area (Å²) >= 11 is 1.32. The lowest BCUT2D eigenvalue weighted by atomic mass is 10.2. The first-order valence-electron chi connectivity index (χ1n) is 6.27. The number of unbranched alkanes of at least 4 members (excludes halogenated alkanes) is 1. The highest BCUT2D eigenvalue weighted by Gasteiger charge is 2.10. The van der Waals surface area contributed by atoms with Crippen LogP contribution in [0.5, 0.6) is 0 Å². The Morgan fingerprint density at radius 1 is 1.42 bits per heavy atom. The number of hydrogen-bond donors (Lipinski definition) is 0. The van der Waals surface area contributed by atoms with Crippen LogP contribution in [0.25, 0.3) is 10.9 Å². The predicted molar refractivity (Wildman–Crippen MR) is 77.2 cm³/mol. The number of rotatable bonds is 5. The summed E-state index contributed by atoms with van der Waals surface area (Å²) in [5, 5.41) is 9.97. The molecule has 0 aliphatic carbocycles. The van der Waals surface area contributed by atoms with Crippen LogP contribution in [0.15, 0.2) is 34.2 Å². The van der Waals surface area contributed by atoms with Crippen LogP contribution in [0, 0.1) is 11.3 Å². The zero-order valence-corrected chi connectivity index (χ0v) is 11.6. The van der Waals surface area contributed by atoms with Gasteiger partial charge in [-0.05, 0) is 18.6 Å². The summed E-state index contributed by atoms with van der Waals surface area (Å²) in [6.45, 7) is 2.74. The van der Waals surface area contributed by atoms with Gasteiger partial charge in [0.25, 0.3) is 5.56 Å². The van der Waals surface area contributed by atoms with E-state index < -0.39 is 0 Å². The van der Waals surface area contributed by atoms with Gasteiger partial charge in [-0.15, -0.1) is 0 Å². The second kappa shape index (κ2) is 6.39. The van der Waals surface area contributed by atoms with E-state index in [1.54, 1.807) is 10.6 Å². The first-order chi connectivity index (χ1) is 9.27. The molecule has 0 bridgehead atoms. The molecule has 0 saturated heterocycles. The Labute approximate surface area is 116 Å². The SMILES string of the molecule is CCCCn1c(SCC#N)nc2ccccc2c1=O. The van der Waals surface area contributed by atoms with E-state index in [2.05, 4.69) is 18.0 Å². The van der Waals surface area contributed by atoms with Gasteiger partial charge in [-0.2, -0.15) is 5.26 Å². The Morgan fingerprint density at radius 2 is 2.21 bits per heavy atom. The quantitative estimate of drug-likeness (QED) is 0.621. The average molecular weight is 273 g/mol. The molecule has 4 nitrogen and oxygen atoms in total. The Balaban J connectivity index is 2.56. The van der Waals surface area contributed by atoms with Crippen LogP contribution in [-0.4, -0.2) is 15.3 Å².